The van der Waals surface area contributed by atoms with Crippen LogP contribution < -0.4 is 0 Å². The molecule has 5 heteroatoms. The number of hydrogen-bond donors (Lipinski definition) is 0. The first-order valence-electron chi connectivity index (χ1n) is 7.24. The van der Waals surface area contributed by atoms with Crippen LogP contribution in [0.25, 0.3) is 10.9 Å². The zero-order valence-electron chi connectivity index (χ0n) is 12.2. The fourth-order valence-electron chi connectivity index (χ4n) is 2.89. The predicted molar refractivity (Wildman–Crippen MR) is 94.5 cm³/mol. The van der Waals surface area contributed by atoms with Crippen LogP contribution in [0, 0.1) is 9.49 Å². The van der Waals surface area contributed by atoms with E-state index in [2.05, 4.69) is 47.4 Å². The zero-order valence-corrected chi connectivity index (χ0v) is 14.3. The Morgan fingerprint density at radius 1 is 1.32 bits per heavy atom. The molecule has 1 saturated heterocycles. The summed E-state index contributed by atoms with van der Waals surface area (Å²) in [6, 6.07) is 8.26. The molecule has 1 aliphatic rings. The second-order valence-corrected chi connectivity index (χ2v) is 6.95. The third kappa shape index (κ3) is 3.09. The Morgan fingerprint density at radius 3 is 2.82 bits per heavy atom. The highest BCUT2D eigenvalue weighted by Crippen LogP contribution is 2.22. The van der Waals surface area contributed by atoms with Crippen LogP contribution in [0.5, 0.6) is 0 Å². The molecule has 1 amide bonds. The quantitative estimate of drug-likeness (QED) is 0.564. The van der Waals surface area contributed by atoms with Gasteiger partial charge in [-0.15, -0.1) is 0 Å². The number of rotatable bonds is 5. The minimum absolute atomic E-state index is 0.0466. The van der Waals surface area contributed by atoms with E-state index >= 15 is 0 Å². The lowest BCUT2D eigenvalue weighted by molar-refractivity contribution is -0.134. The summed E-state index contributed by atoms with van der Waals surface area (Å²) in [5.41, 5.74) is 1.09. The number of amides is 1. The van der Waals surface area contributed by atoms with Crippen molar-refractivity contribution in [2.75, 3.05) is 13.1 Å². The van der Waals surface area contributed by atoms with Crippen LogP contribution in [0.2, 0.25) is 0 Å². The highest BCUT2D eigenvalue weighted by Gasteiger charge is 2.30. The maximum atomic E-state index is 12.2. The largest absolute Gasteiger partial charge is 0.340 e. The molecule has 4 nitrogen and oxygen atoms in total. The molecule has 0 unspecified atom stereocenters. The van der Waals surface area contributed by atoms with Gasteiger partial charge in [0.15, 0.2) is 5.78 Å². The van der Waals surface area contributed by atoms with Crippen LogP contribution >= 0.6 is 22.6 Å². The van der Waals surface area contributed by atoms with Crippen LogP contribution in [0.4, 0.5) is 0 Å². The van der Waals surface area contributed by atoms with Crippen molar-refractivity contribution in [3.8, 4) is 0 Å². The van der Waals surface area contributed by atoms with Crippen molar-refractivity contribution in [2.24, 2.45) is 5.92 Å². The number of Topliss-reactive ketones (excluding diaryl/α,β-unsaturated/α-hetero) is 1. The molecule has 2 aromatic rings. The van der Waals surface area contributed by atoms with Gasteiger partial charge >= 0.3 is 0 Å². The molecule has 1 fully saturated rings. The molecule has 1 aromatic heterocycles. The number of carbonyl (C=O) groups excluding carboxylic acids is 2. The number of hydrogen-bond acceptors (Lipinski definition) is 2. The first-order valence-corrected chi connectivity index (χ1v) is 8.32. The third-order valence-electron chi connectivity index (χ3n) is 4.04. The van der Waals surface area contributed by atoms with Gasteiger partial charge in [-0.1, -0.05) is 6.58 Å². The Labute approximate surface area is 142 Å². The minimum atomic E-state index is -0.0466. The van der Waals surface area contributed by atoms with Crippen molar-refractivity contribution in [1.82, 2.24) is 9.47 Å². The van der Waals surface area contributed by atoms with Gasteiger partial charge in [0.25, 0.3) is 0 Å². The molecule has 0 spiro atoms. The normalized spacial score (nSPS) is 14.9. The summed E-state index contributed by atoms with van der Waals surface area (Å²) in [4.78, 5) is 25.3. The van der Waals surface area contributed by atoms with Crippen molar-refractivity contribution in [3.63, 3.8) is 0 Å². The number of aromatic nitrogens is 1. The second-order valence-electron chi connectivity index (χ2n) is 5.70. The van der Waals surface area contributed by atoms with Gasteiger partial charge in [0.05, 0.1) is 6.54 Å². The predicted octanol–water partition coefficient (Wildman–Crippen LogP) is 2.85. The first kappa shape index (κ1) is 15.3. The fraction of sp³-hybridized carbons (Fsp3) is 0.294. The molecule has 0 bridgehead atoms. The summed E-state index contributed by atoms with van der Waals surface area (Å²) >= 11 is 2.29. The molecule has 0 radical (unpaired) electrons. The molecule has 0 aliphatic carbocycles. The SMILES string of the molecule is C=CC(=O)N1CC(CC(=O)Cn2ccc3cc(I)ccc32)C1. The van der Waals surface area contributed by atoms with Gasteiger partial charge in [0.2, 0.25) is 5.91 Å². The van der Waals surface area contributed by atoms with E-state index in [0.29, 0.717) is 32.0 Å². The summed E-state index contributed by atoms with van der Waals surface area (Å²) in [6.07, 6.45) is 3.82. The summed E-state index contributed by atoms with van der Waals surface area (Å²) in [5, 5.41) is 1.16. The summed E-state index contributed by atoms with van der Waals surface area (Å²) in [7, 11) is 0. The molecule has 3 rings (SSSR count). The minimum Gasteiger partial charge on any atom is -0.340 e. The number of benzene rings is 1. The topological polar surface area (TPSA) is 42.3 Å². The van der Waals surface area contributed by atoms with Gasteiger partial charge in [-0.25, -0.2) is 0 Å². The third-order valence-corrected chi connectivity index (χ3v) is 4.71. The van der Waals surface area contributed by atoms with Gasteiger partial charge in [-0.05, 0) is 52.9 Å². The van der Waals surface area contributed by atoms with Gasteiger partial charge in [-0.2, -0.15) is 0 Å². The Balaban J connectivity index is 1.58. The fourth-order valence-corrected chi connectivity index (χ4v) is 3.41. The van der Waals surface area contributed by atoms with Crippen molar-refractivity contribution in [2.45, 2.75) is 13.0 Å². The van der Waals surface area contributed by atoms with Gasteiger partial charge in [-0.3, -0.25) is 9.59 Å². The smallest absolute Gasteiger partial charge is 0.245 e. The van der Waals surface area contributed by atoms with E-state index in [9.17, 15) is 9.59 Å². The monoisotopic (exact) mass is 408 g/mol. The zero-order chi connectivity index (χ0) is 15.7. The maximum Gasteiger partial charge on any atom is 0.245 e. The molecular formula is C17H17IN2O2. The summed E-state index contributed by atoms with van der Waals surface area (Å²) in [5.74, 6) is 0.459. The Bertz CT molecular complexity index is 744. The van der Waals surface area contributed by atoms with E-state index in [0.717, 1.165) is 10.9 Å². The maximum absolute atomic E-state index is 12.2. The number of likely N-dealkylation sites (tertiary alicyclic amines) is 1. The van der Waals surface area contributed by atoms with Crippen molar-refractivity contribution >= 4 is 45.2 Å². The van der Waals surface area contributed by atoms with Crippen LogP contribution in [0.1, 0.15) is 6.42 Å². The standard InChI is InChI=1S/C17H17IN2O2/c1-2-17(22)20-9-12(10-20)7-15(21)11-19-6-5-13-8-14(18)3-4-16(13)19/h2-6,8,12H,1,7,9-11H2. The molecule has 0 atom stereocenters. The van der Waals surface area contributed by atoms with Crippen LogP contribution in [0.15, 0.2) is 43.1 Å². The van der Waals surface area contributed by atoms with Gasteiger partial charge < -0.3 is 9.47 Å². The molecule has 1 aromatic carbocycles. The van der Waals surface area contributed by atoms with E-state index in [1.807, 2.05) is 16.8 Å². The number of halogens is 1. The molecular weight excluding hydrogens is 391 g/mol. The van der Waals surface area contributed by atoms with Crippen molar-refractivity contribution in [1.29, 1.82) is 0 Å². The second kappa shape index (κ2) is 6.24. The van der Waals surface area contributed by atoms with Crippen molar-refractivity contribution < 1.29 is 9.59 Å². The van der Waals surface area contributed by atoms with E-state index < -0.39 is 0 Å². The average Bonchev–Trinajstić information content (AvgIpc) is 2.83. The number of carbonyl (C=O) groups is 2. The van der Waals surface area contributed by atoms with E-state index in [1.54, 1.807) is 4.90 Å². The lowest BCUT2D eigenvalue weighted by Gasteiger charge is -2.38. The molecule has 22 heavy (non-hydrogen) atoms. The van der Waals surface area contributed by atoms with E-state index in [-0.39, 0.29) is 11.7 Å². The lowest BCUT2D eigenvalue weighted by atomic mass is 9.94. The van der Waals surface area contributed by atoms with Crippen LogP contribution in [-0.2, 0) is 16.1 Å². The Morgan fingerprint density at radius 2 is 2.09 bits per heavy atom. The molecule has 0 saturated carbocycles. The Hall–Kier alpha value is -1.63. The first-order chi connectivity index (χ1) is 10.6. The van der Waals surface area contributed by atoms with E-state index in [4.69, 9.17) is 0 Å². The van der Waals surface area contributed by atoms with Crippen LogP contribution in [-0.4, -0.2) is 34.2 Å². The molecule has 1 aliphatic heterocycles. The highest BCUT2D eigenvalue weighted by atomic mass is 127. The summed E-state index contributed by atoms with van der Waals surface area (Å²) < 4.78 is 3.19. The number of nitrogens with zero attached hydrogens (tertiary/aromatic N) is 2. The molecule has 0 N–H and O–H groups in total. The molecule has 114 valence electrons. The number of fused-ring (bicyclic) bond motifs is 1. The van der Waals surface area contributed by atoms with Crippen LogP contribution in [0.3, 0.4) is 0 Å². The van der Waals surface area contributed by atoms with Gasteiger partial charge in [0.1, 0.15) is 0 Å². The average molecular weight is 408 g/mol. The van der Waals surface area contributed by atoms with Crippen molar-refractivity contribution in [3.05, 3.63) is 46.7 Å². The van der Waals surface area contributed by atoms with E-state index in [1.165, 1.54) is 9.65 Å². The Kier molecular flexibility index (Phi) is 4.33. The highest BCUT2D eigenvalue weighted by molar-refractivity contribution is 14.1. The van der Waals surface area contributed by atoms with Gasteiger partial charge in [0, 0.05) is 46.1 Å². The lowest BCUT2D eigenvalue weighted by Crippen LogP contribution is -2.50. The number of ketones is 1. The molecule has 2 heterocycles. The summed E-state index contributed by atoms with van der Waals surface area (Å²) in [6.45, 7) is 5.21.